The quantitative estimate of drug-likeness (QED) is 0.570. The summed E-state index contributed by atoms with van der Waals surface area (Å²) in [6.07, 6.45) is 1.50. The fourth-order valence-corrected chi connectivity index (χ4v) is 0.937. The molecule has 0 aliphatic heterocycles. The smallest absolute Gasteiger partial charge is 0.176 e. The molecule has 0 spiro atoms. The molecule has 0 atom stereocenters. The molecule has 4 heteroatoms. The first-order valence-electron chi connectivity index (χ1n) is 2.96. The Labute approximate surface area is 57.0 Å². The zero-order chi connectivity index (χ0) is 7.14. The molecule has 2 aromatic heterocycles. The first-order chi connectivity index (χ1) is 4.79. The molecule has 0 aliphatic rings. The highest BCUT2D eigenvalue weighted by atomic mass is 16.3. The minimum absolute atomic E-state index is 0.583. The van der Waals surface area contributed by atoms with E-state index in [2.05, 4.69) is 10.2 Å². The van der Waals surface area contributed by atoms with Crippen molar-refractivity contribution in [2.45, 2.75) is 6.92 Å². The molecule has 0 unspecified atom stereocenters. The minimum Gasteiger partial charge on any atom is -0.458 e. The van der Waals surface area contributed by atoms with Crippen LogP contribution >= 0.6 is 0 Å². The third kappa shape index (κ3) is 0.478. The molecule has 2 rings (SSSR count). The van der Waals surface area contributed by atoms with E-state index in [-0.39, 0.29) is 0 Å². The van der Waals surface area contributed by atoms with Gasteiger partial charge in [0.2, 0.25) is 0 Å². The Kier molecular flexibility index (Phi) is 0.818. The van der Waals surface area contributed by atoms with Crippen LogP contribution in [0.3, 0.4) is 0 Å². The van der Waals surface area contributed by atoms with Gasteiger partial charge in [0, 0.05) is 0 Å². The predicted octanol–water partition coefficient (Wildman–Crippen LogP) is 1.05. The van der Waals surface area contributed by atoms with E-state index in [1.807, 2.05) is 6.92 Å². The van der Waals surface area contributed by atoms with Gasteiger partial charge in [-0.2, -0.15) is 5.10 Å². The van der Waals surface area contributed by atoms with Gasteiger partial charge in [0.25, 0.3) is 0 Å². The number of hydrogen-bond donors (Lipinski definition) is 2. The van der Waals surface area contributed by atoms with E-state index in [9.17, 15) is 0 Å². The van der Waals surface area contributed by atoms with Crippen LogP contribution in [0.1, 0.15) is 5.69 Å². The largest absolute Gasteiger partial charge is 0.458 e. The van der Waals surface area contributed by atoms with E-state index in [1.165, 1.54) is 6.26 Å². The summed E-state index contributed by atoms with van der Waals surface area (Å²) in [6.45, 7) is 1.89. The summed E-state index contributed by atoms with van der Waals surface area (Å²) in [5.74, 6) is 0. The van der Waals surface area contributed by atoms with Crippen LogP contribution in [0.25, 0.3) is 11.1 Å². The van der Waals surface area contributed by atoms with Gasteiger partial charge in [-0.15, -0.1) is 0 Å². The molecule has 0 radical (unpaired) electrons. The van der Waals surface area contributed by atoms with Crippen LogP contribution in [-0.4, -0.2) is 10.2 Å². The van der Waals surface area contributed by atoms with Crippen molar-refractivity contribution in [1.29, 1.82) is 0 Å². The molecule has 0 saturated heterocycles. The molecule has 0 bridgehead atoms. The van der Waals surface area contributed by atoms with Crippen molar-refractivity contribution in [3.63, 3.8) is 0 Å². The lowest BCUT2D eigenvalue weighted by molar-refractivity contribution is 0.614. The Morgan fingerprint density at radius 3 is 3.20 bits per heavy atom. The Morgan fingerprint density at radius 1 is 1.70 bits per heavy atom. The van der Waals surface area contributed by atoms with Crippen molar-refractivity contribution < 1.29 is 4.42 Å². The van der Waals surface area contributed by atoms with Gasteiger partial charge in [0.15, 0.2) is 11.1 Å². The predicted molar refractivity (Wildman–Crippen MR) is 37.5 cm³/mol. The first-order valence-corrected chi connectivity index (χ1v) is 2.96. The number of aromatic nitrogens is 2. The molecule has 0 saturated carbocycles. The lowest BCUT2D eigenvalue weighted by Crippen LogP contribution is -1.80. The monoisotopic (exact) mass is 137 g/mol. The number of anilines is 1. The van der Waals surface area contributed by atoms with Gasteiger partial charge in [0.1, 0.15) is 6.26 Å². The molecule has 0 fully saturated rings. The average molecular weight is 137 g/mol. The standard InChI is InChI=1S/C6H7N3O/c1-3-6-5(9-8-3)4(7)2-10-6/h2H,7H2,1H3,(H,8,9). The number of fused-ring (bicyclic) bond motifs is 1. The molecular weight excluding hydrogens is 130 g/mol. The van der Waals surface area contributed by atoms with E-state index < -0.39 is 0 Å². The van der Waals surface area contributed by atoms with Crippen LogP contribution in [0.5, 0.6) is 0 Å². The summed E-state index contributed by atoms with van der Waals surface area (Å²) in [5.41, 5.74) is 8.47. The van der Waals surface area contributed by atoms with Gasteiger partial charge in [-0.25, -0.2) is 0 Å². The fourth-order valence-electron chi connectivity index (χ4n) is 0.937. The van der Waals surface area contributed by atoms with Crippen LogP contribution in [0, 0.1) is 6.92 Å². The van der Waals surface area contributed by atoms with Gasteiger partial charge in [-0.1, -0.05) is 0 Å². The number of nitrogens with zero attached hydrogens (tertiary/aromatic N) is 1. The van der Waals surface area contributed by atoms with Crippen molar-refractivity contribution in [2.24, 2.45) is 0 Å². The van der Waals surface area contributed by atoms with E-state index in [4.69, 9.17) is 10.2 Å². The van der Waals surface area contributed by atoms with Crippen molar-refractivity contribution >= 4 is 16.8 Å². The van der Waals surface area contributed by atoms with Crippen molar-refractivity contribution in [1.82, 2.24) is 10.2 Å². The summed E-state index contributed by atoms with van der Waals surface area (Å²) < 4.78 is 5.10. The van der Waals surface area contributed by atoms with Crippen molar-refractivity contribution in [2.75, 3.05) is 5.73 Å². The van der Waals surface area contributed by atoms with E-state index in [0.717, 1.165) is 16.8 Å². The van der Waals surface area contributed by atoms with Crippen LogP contribution in [0.15, 0.2) is 10.7 Å². The van der Waals surface area contributed by atoms with Crippen molar-refractivity contribution in [3.05, 3.63) is 12.0 Å². The third-order valence-corrected chi connectivity index (χ3v) is 1.47. The molecule has 2 heterocycles. The number of furan rings is 1. The second-order valence-electron chi connectivity index (χ2n) is 2.22. The highest BCUT2D eigenvalue weighted by Crippen LogP contribution is 2.22. The summed E-state index contributed by atoms with van der Waals surface area (Å²) in [6, 6.07) is 0. The molecule has 52 valence electrons. The maximum atomic E-state index is 5.51. The third-order valence-electron chi connectivity index (χ3n) is 1.47. The first kappa shape index (κ1) is 5.34. The molecule has 0 aliphatic carbocycles. The molecular formula is C6H7N3O. The summed E-state index contributed by atoms with van der Waals surface area (Å²) >= 11 is 0. The number of aromatic amines is 1. The van der Waals surface area contributed by atoms with E-state index >= 15 is 0 Å². The number of nitrogen functional groups attached to an aromatic ring is 1. The molecule has 3 N–H and O–H groups in total. The number of hydrogen-bond acceptors (Lipinski definition) is 3. The number of nitrogens with two attached hydrogens (primary N) is 1. The van der Waals surface area contributed by atoms with Crippen LogP contribution in [-0.2, 0) is 0 Å². The normalized spacial score (nSPS) is 10.9. The van der Waals surface area contributed by atoms with E-state index in [0.29, 0.717) is 5.69 Å². The Bertz CT molecular complexity index is 324. The fraction of sp³-hybridized carbons (Fsp3) is 0.167. The second kappa shape index (κ2) is 1.53. The number of aryl methyl sites for hydroxylation is 1. The average Bonchev–Trinajstić information content (AvgIpc) is 2.41. The topological polar surface area (TPSA) is 67.8 Å². The maximum Gasteiger partial charge on any atom is 0.176 e. The van der Waals surface area contributed by atoms with E-state index in [1.54, 1.807) is 0 Å². The summed E-state index contributed by atoms with van der Waals surface area (Å²) in [4.78, 5) is 0. The molecule has 0 aromatic carbocycles. The van der Waals surface area contributed by atoms with Gasteiger partial charge < -0.3 is 10.2 Å². The van der Waals surface area contributed by atoms with Crippen molar-refractivity contribution in [3.8, 4) is 0 Å². The van der Waals surface area contributed by atoms with Gasteiger partial charge >= 0.3 is 0 Å². The van der Waals surface area contributed by atoms with Crippen LogP contribution in [0.2, 0.25) is 0 Å². The number of H-pyrrole nitrogens is 1. The van der Waals surface area contributed by atoms with Gasteiger partial charge in [-0.3, -0.25) is 5.10 Å². The Balaban J connectivity index is 2.95. The summed E-state index contributed by atoms with van der Waals surface area (Å²) in [5, 5.41) is 6.71. The Hall–Kier alpha value is -1.45. The maximum absolute atomic E-state index is 5.51. The Morgan fingerprint density at radius 2 is 2.50 bits per heavy atom. The molecule has 2 aromatic rings. The second-order valence-corrected chi connectivity index (χ2v) is 2.22. The van der Waals surface area contributed by atoms with Gasteiger partial charge in [0.05, 0.1) is 11.4 Å². The number of nitrogens with one attached hydrogen (secondary N) is 1. The zero-order valence-corrected chi connectivity index (χ0v) is 5.51. The highest BCUT2D eigenvalue weighted by molar-refractivity contribution is 5.86. The molecule has 10 heavy (non-hydrogen) atoms. The minimum atomic E-state index is 0.583. The summed E-state index contributed by atoms with van der Waals surface area (Å²) in [7, 11) is 0. The SMILES string of the molecule is Cc1[nH]nc2c(N)coc12. The van der Waals surface area contributed by atoms with Crippen LogP contribution in [0.4, 0.5) is 5.69 Å². The number of rotatable bonds is 0. The molecule has 0 amide bonds. The highest BCUT2D eigenvalue weighted by Gasteiger charge is 2.07. The lowest BCUT2D eigenvalue weighted by Gasteiger charge is -1.75. The zero-order valence-electron chi connectivity index (χ0n) is 5.51. The molecule has 4 nitrogen and oxygen atoms in total. The lowest BCUT2D eigenvalue weighted by atomic mass is 10.4. The van der Waals surface area contributed by atoms with Crippen LogP contribution < -0.4 is 5.73 Å². The van der Waals surface area contributed by atoms with Gasteiger partial charge in [-0.05, 0) is 6.92 Å².